The Bertz CT molecular complexity index is 1160. The van der Waals surface area contributed by atoms with Crippen molar-refractivity contribution in [1.82, 2.24) is 9.88 Å². The molecule has 3 rings (SSSR count). The maximum absolute atomic E-state index is 13.1. The molecule has 0 radical (unpaired) electrons. The lowest BCUT2D eigenvalue weighted by molar-refractivity contribution is -0.118. The number of hydrogen-bond acceptors (Lipinski definition) is 7. The van der Waals surface area contributed by atoms with E-state index in [-0.39, 0.29) is 23.0 Å². The molecule has 0 saturated carbocycles. The zero-order chi connectivity index (χ0) is 22.6. The average Bonchev–Trinajstić information content (AvgIpc) is 3.15. The standard InChI is InChI=1S/C21H24ClN3O3S3/c1-24(2)11-12-25(21-23-18-9-6-16(29-3)14-19(18)30-21)20(26)10-13-31(27,28)17-7-4-15(22)5-8-17/h4-9,14H,10-13H2,1-3H3. The number of thiazole rings is 1. The summed E-state index contributed by atoms with van der Waals surface area (Å²) < 4.78 is 26.3. The van der Waals surface area contributed by atoms with E-state index in [0.717, 1.165) is 15.1 Å². The van der Waals surface area contributed by atoms with Gasteiger partial charge in [-0.15, -0.1) is 11.8 Å². The van der Waals surface area contributed by atoms with Crippen LogP contribution in [0, 0.1) is 0 Å². The molecule has 0 aliphatic rings. The third-order valence-electron chi connectivity index (χ3n) is 4.64. The maximum atomic E-state index is 13.1. The van der Waals surface area contributed by atoms with Crippen molar-refractivity contribution < 1.29 is 13.2 Å². The van der Waals surface area contributed by atoms with Gasteiger partial charge >= 0.3 is 0 Å². The molecule has 0 N–H and O–H groups in total. The number of rotatable bonds is 9. The summed E-state index contributed by atoms with van der Waals surface area (Å²) in [6.45, 7) is 1.07. The van der Waals surface area contributed by atoms with Gasteiger partial charge in [0.2, 0.25) is 5.91 Å². The van der Waals surface area contributed by atoms with Gasteiger partial charge in [-0.2, -0.15) is 0 Å². The molecule has 1 amide bonds. The number of benzene rings is 2. The van der Waals surface area contributed by atoms with Crippen molar-refractivity contribution in [3.05, 3.63) is 47.5 Å². The number of nitrogens with zero attached hydrogens (tertiary/aromatic N) is 3. The van der Waals surface area contributed by atoms with Gasteiger partial charge in [-0.25, -0.2) is 13.4 Å². The van der Waals surface area contributed by atoms with Crippen molar-refractivity contribution in [2.45, 2.75) is 16.2 Å². The van der Waals surface area contributed by atoms with Crippen molar-refractivity contribution in [1.29, 1.82) is 0 Å². The first kappa shape index (κ1) is 24.0. The van der Waals surface area contributed by atoms with E-state index in [1.165, 1.54) is 35.6 Å². The van der Waals surface area contributed by atoms with E-state index in [0.29, 0.717) is 23.2 Å². The summed E-state index contributed by atoms with van der Waals surface area (Å²) in [5, 5.41) is 1.05. The van der Waals surface area contributed by atoms with E-state index < -0.39 is 9.84 Å². The number of aromatic nitrogens is 1. The van der Waals surface area contributed by atoms with E-state index in [1.807, 2.05) is 37.4 Å². The van der Waals surface area contributed by atoms with Gasteiger partial charge in [0.25, 0.3) is 0 Å². The third-order valence-corrected chi connectivity index (χ3v) is 8.39. The summed E-state index contributed by atoms with van der Waals surface area (Å²) in [6.07, 6.45) is 1.89. The molecular weight excluding hydrogens is 474 g/mol. The van der Waals surface area contributed by atoms with Gasteiger partial charge in [0.1, 0.15) is 0 Å². The van der Waals surface area contributed by atoms with Gasteiger partial charge in [-0.3, -0.25) is 9.69 Å². The number of carbonyl (C=O) groups excluding carboxylic acids is 1. The molecule has 166 valence electrons. The topological polar surface area (TPSA) is 70.6 Å². The molecule has 0 spiro atoms. The van der Waals surface area contributed by atoms with Crippen LogP contribution in [0.15, 0.2) is 52.3 Å². The number of halogens is 1. The van der Waals surface area contributed by atoms with Gasteiger partial charge in [0.15, 0.2) is 15.0 Å². The minimum absolute atomic E-state index is 0.121. The Hall–Kier alpha value is -1.65. The smallest absolute Gasteiger partial charge is 0.229 e. The molecule has 1 heterocycles. The van der Waals surface area contributed by atoms with E-state index in [9.17, 15) is 13.2 Å². The first-order valence-corrected chi connectivity index (χ1v) is 13.6. The van der Waals surface area contributed by atoms with Crippen molar-refractivity contribution in [3.8, 4) is 0 Å². The average molecular weight is 498 g/mol. The first-order valence-electron chi connectivity index (χ1n) is 9.57. The highest BCUT2D eigenvalue weighted by Crippen LogP contribution is 2.32. The van der Waals surface area contributed by atoms with Gasteiger partial charge < -0.3 is 4.90 Å². The number of hydrogen-bond donors (Lipinski definition) is 0. The minimum Gasteiger partial charge on any atom is -0.308 e. The zero-order valence-electron chi connectivity index (χ0n) is 17.5. The molecule has 0 unspecified atom stereocenters. The minimum atomic E-state index is -3.59. The lowest BCUT2D eigenvalue weighted by atomic mass is 10.3. The number of carbonyl (C=O) groups is 1. The molecule has 1 aromatic heterocycles. The molecule has 0 bridgehead atoms. The Morgan fingerprint density at radius 2 is 1.84 bits per heavy atom. The van der Waals surface area contributed by atoms with E-state index >= 15 is 0 Å². The Morgan fingerprint density at radius 3 is 2.48 bits per heavy atom. The lowest BCUT2D eigenvalue weighted by Gasteiger charge is -2.22. The molecule has 6 nitrogen and oxygen atoms in total. The molecule has 0 saturated heterocycles. The van der Waals surface area contributed by atoms with Gasteiger partial charge in [-0.05, 0) is 62.8 Å². The number of anilines is 1. The quantitative estimate of drug-likeness (QED) is 0.407. The van der Waals surface area contributed by atoms with Gasteiger partial charge in [-0.1, -0.05) is 22.9 Å². The second kappa shape index (κ2) is 10.3. The van der Waals surface area contributed by atoms with Crippen LogP contribution in [0.5, 0.6) is 0 Å². The molecule has 2 aromatic carbocycles. The summed E-state index contributed by atoms with van der Waals surface area (Å²) in [7, 11) is 0.266. The van der Waals surface area contributed by atoms with Crippen molar-refractivity contribution >= 4 is 65.8 Å². The second-order valence-electron chi connectivity index (χ2n) is 7.20. The highest BCUT2D eigenvalue weighted by atomic mass is 35.5. The first-order chi connectivity index (χ1) is 14.7. The van der Waals surface area contributed by atoms with E-state index in [1.54, 1.807) is 16.7 Å². The summed E-state index contributed by atoms with van der Waals surface area (Å²) in [4.78, 5) is 22.6. The normalized spacial score (nSPS) is 11.9. The fraction of sp³-hybridized carbons (Fsp3) is 0.333. The molecule has 10 heteroatoms. The molecular formula is C21H24ClN3O3S3. The Kier molecular flexibility index (Phi) is 7.98. The Balaban J connectivity index is 1.81. The second-order valence-corrected chi connectivity index (χ2v) is 11.6. The number of likely N-dealkylation sites (N-methyl/N-ethyl adjacent to an activating group) is 1. The lowest BCUT2D eigenvalue weighted by Crippen LogP contribution is -2.37. The molecule has 31 heavy (non-hydrogen) atoms. The van der Waals surface area contributed by atoms with Crippen LogP contribution in [-0.2, 0) is 14.6 Å². The van der Waals surface area contributed by atoms with Crippen molar-refractivity contribution in [2.75, 3.05) is 44.1 Å². The van der Waals surface area contributed by atoms with Crippen LogP contribution in [0.3, 0.4) is 0 Å². The fourth-order valence-electron chi connectivity index (χ4n) is 2.88. The maximum Gasteiger partial charge on any atom is 0.229 e. The largest absolute Gasteiger partial charge is 0.308 e. The van der Waals surface area contributed by atoms with Gasteiger partial charge in [0, 0.05) is 29.4 Å². The number of thioether (sulfide) groups is 1. The zero-order valence-corrected chi connectivity index (χ0v) is 20.7. The molecule has 0 aliphatic carbocycles. The van der Waals surface area contributed by atoms with Crippen molar-refractivity contribution in [2.24, 2.45) is 0 Å². The van der Waals surface area contributed by atoms with Crippen LogP contribution in [0.2, 0.25) is 5.02 Å². The summed E-state index contributed by atoms with van der Waals surface area (Å²) in [6, 6.07) is 12.0. The molecule has 0 atom stereocenters. The van der Waals surface area contributed by atoms with Crippen LogP contribution in [0.25, 0.3) is 10.2 Å². The molecule has 0 fully saturated rings. The van der Waals surface area contributed by atoms with Crippen molar-refractivity contribution in [3.63, 3.8) is 0 Å². The summed E-state index contributed by atoms with van der Waals surface area (Å²) in [5.74, 6) is -0.531. The Labute approximate surface area is 196 Å². The van der Waals surface area contributed by atoms with Crippen LogP contribution < -0.4 is 4.90 Å². The molecule has 0 aliphatic heterocycles. The number of fused-ring (bicyclic) bond motifs is 1. The van der Waals surface area contributed by atoms with Crippen LogP contribution in [0.4, 0.5) is 5.13 Å². The van der Waals surface area contributed by atoms with E-state index in [2.05, 4.69) is 11.1 Å². The third kappa shape index (κ3) is 6.20. The molecule has 3 aromatic rings. The SMILES string of the molecule is CSc1ccc2nc(N(CCN(C)C)C(=O)CCS(=O)(=O)c3ccc(Cl)cc3)sc2c1. The monoisotopic (exact) mass is 497 g/mol. The highest BCUT2D eigenvalue weighted by Gasteiger charge is 2.23. The van der Waals surface area contributed by atoms with Gasteiger partial charge in [0.05, 0.1) is 20.9 Å². The summed E-state index contributed by atoms with van der Waals surface area (Å²) in [5.41, 5.74) is 0.828. The number of sulfone groups is 1. The Morgan fingerprint density at radius 1 is 1.13 bits per heavy atom. The predicted octanol–water partition coefficient (Wildman–Crippen LogP) is 4.43. The fourth-order valence-corrected chi connectivity index (χ4v) is 5.80. The van der Waals surface area contributed by atoms with Crippen LogP contribution >= 0.6 is 34.7 Å². The predicted molar refractivity (Wildman–Crippen MR) is 130 cm³/mol. The highest BCUT2D eigenvalue weighted by molar-refractivity contribution is 7.98. The van der Waals surface area contributed by atoms with E-state index in [4.69, 9.17) is 11.6 Å². The van der Waals surface area contributed by atoms with Crippen LogP contribution in [-0.4, -0.2) is 63.4 Å². The number of amides is 1. The van der Waals surface area contributed by atoms with Crippen LogP contribution in [0.1, 0.15) is 6.42 Å². The summed E-state index contributed by atoms with van der Waals surface area (Å²) >= 11 is 8.94.